The highest BCUT2D eigenvalue weighted by molar-refractivity contribution is 7.07. The Morgan fingerprint density at radius 1 is 1.05 bits per heavy atom. The Labute approximate surface area is 257 Å². The van der Waals surface area contributed by atoms with Crippen LogP contribution in [0.2, 0.25) is 0 Å². The number of ether oxygens (including phenoxy) is 4. The number of nitrogens with zero attached hydrogens (tertiary/aromatic N) is 2. The van der Waals surface area contributed by atoms with E-state index in [0.717, 1.165) is 5.56 Å². The minimum absolute atomic E-state index is 0.0778. The number of esters is 2. The third-order valence-electron chi connectivity index (χ3n) is 6.87. The third kappa shape index (κ3) is 5.96. The Balaban J connectivity index is 1.59. The molecular formula is C33H32N2O8S. The molecule has 0 N–H and O–H groups in total. The van der Waals surface area contributed by atoms with Gasteiger partial charge in [-0.05, 0) is 69.7 Å². The smallest absolute Gasteiger partial charge is 0.338 e. The van der Waals surface area contributed by atoms with Crippen molar-refractivity contribution in [3.05, 3.63) is 102 Å². The summed E-state index contributed by atoms with van der Waals surface area (Å²) in [6.07, 6.45) is 1.57. The SMILES string of the molecule is CCOC(=O)C1=C(C)N=c2s/c(=C/c3ccc(-c4ccc(C(=O)OC)cc4)o3)c(=O)n2[C@@H]1c1ccc(OC(C)C)c(OC)c1. The molecule has 1 aliphatic rings. The van der Waals surface area contributed by atoms with E-state index in [4.69, 9.17) is 23.4 Å². The highest BCUT2D eigenvalue weighted by Gasteiger charge is 2.34. The van der Waals surface area contributed by atoms with Crippen LogP contribution in [0.1, 0.15) is 55.4 Å². The molecule has 0 saturated carbocycles. The van der Waals surface area contributed by atoms with Crippen LogP contribution < -0.4 is 24.4 Å². The Bertz CT molecular complexity index is 1930. The summed E-state index contributed by atoms with van der Waals surface area (Å²) in [6, 6.07) is 14.9. The van der Waals surface area contributed by atoms with E-state index in [1.54, 1.807) is 68.5 Å². The van der Waals surface area contributed by atoms with Crippen LogP contribution in [-0.4, -0.2) is 43.4 Å². The van der Waals surface area contributed by atoms with Crippen molar-refractivity contribution < 1.29 is 33.0 Å². The van der Waals surface area contributed by atoms with Gasteiger partial charge in [-0.15, -0.1) is 0 Å². The van der Waals surface area contributed by atoms with Crippen molar-refractivity contribution >= 4 is 29.4 Å². The van der Waals surface area contributed by atoms with Crippen LogP contribution in [0.25, 0.3) is 17.4 Å². The zero-order chi connectivity index (χ0) is 31.5. The van der Waals surface area contributed by atoms with Gasteiger partial charge >= 0.3 is 11.9 Å². The fourth-order valence-corrected chi connectivity index (χ4v) is 5.94. The van der Waals surface area contributed by atoms with Gasteiger partial charge in [0.1, 0.15) is 11.5 Å². The van der Waals surface area contributed by atoms with Gasteiger partial charge in [0.05, 0.1) is 54.3 Å². The Kier molecular flexibility index (Phi) is 8.86. The van der Waals surface area contributed by atoms with E-state index in [9.17, 15) is 14.4 Å². The maximum atomic E-state index is 14.0. The highest BCUT2D eigenvalue weighted by atomic mass is 32.1. The van der Waals surface area contributed by atoms with E-state index in [2.05, 4.69) is 4.99 Å². The maximum absolute atomic E-state index is 14.0. The fourth-order valence-electron chi connectivity index (χ4n) is 4.92. The minimum Gasteiger partial charge on any atom is -0.493 e. The van der Waals surface area contributed by atoms with Gasteiger partial charge in [-0.3, -0.25) is 9.36 Å². The van der Waals surface area contributed by atoms with E-state index in [1.807, 2.05) is 19.9 Å². The van der Waals surface area contributed by atoms with Crippen molar-refractivity contribution in [3.8, 4) is 22.8 Å². The zero-order valence-corrected chi connectivity index (χ0v) is 26.0. The number of furan rings is 1. The molecule has 2 aromatic heterocycles. The minimum atomic E-state index is -0.810. The van der Waals surface area contributed by atoms with Crippen molar-refractivity contribution in [2.75, 3.05) is 20.8 Å². The van der Waals surface area contributed by atoms with Crippen molar-refractivity contribution in [1.29, 1.82) is 0 Å². The molecule has 0 amide bonds. The van der Waals surface area contributed by atoms with Gasteiger partial charge in [0.15, 0.2) is 16.3 Å². The number of benzene rings is 2. The van der Waals surface area contributed by atoms with Crippen LogP contribution in [0.15, 0.2) is 80.1 Å². The van der Waals surface area contributed by atoms with E-state index < -0.39 is 18.0 Å². The van der Waals surface area contributed by atoms with Gasteiger partial charge in [0.25, 0.3) is 5.56 Å². The quantitative estimate of drug-likeness (QED) is 0.250. The molecule has 0 unspecified atom stereocenters. The van der Waals surface area contributed by atoms with Crippen LogP contribution in [0.5, 0.6) is 11.5 Å². The van der Waals surface area contributed by atoms with Gasteiger partial charge in [0.2, 0.25) is 0 Å². The topological polar surface area (TPSA) is 119 Å². The molecule has 5 rings (SSSR count). The first kappa shape index (κ1) is 30.6. The van der Waals surface area contributed by atoms with Crippen LogP contribution in [-0.2, 0) is 14.3 Å². The lowest BCUT2D eigenvalue weighted by molar-refractivity contribution is -0.139. The monoisotopic (exact) mass is 616 g/mol. The molecule has 11 heteroatoms. The molecule has 4 aromatic rings. The van der Waals surface area contributed by atoms with Gasteiger partial charge < -0.3 is 23.4 Å². The lowest BCUT2D eigenvalue weighted by atomic mass is 9.95. The van der Waals surface area contributed by atoms with E-state index >= 15 is 0 Å². The molecule has 1 aliphatic heterocycles. The molecular weight excluding hydrogens is 584 g/mol. The van der Waals surface area contributed by atoms with Gasteiger partial charge in [0, 0.05) is 11.6 Å². The Morgan fingerprint density at radius 2 is 1.80 bits per heavy atom. The number of carbonyl (C=O) groups excluding carboxylic acids is 2. The average molecular weight is 617 g/mol. The Hall–Kier alpha value is -4.90. The summed E-state index contributed by atoms with van der Waals surface area (Å²) >= 11 is 1.19. The van der Waals surface area contributed by atoms with Crippen molar-refractivity contribution in [1.82, 2.24) is 4.57 Å². The summed E-state index contributed by atoms with van der Waals surface area (Å²) < 4.78 is 29.5. The second-order valence-electron chi connectivity index (χ2n) is 10.2. The van der Waals surface area contributed by atoms with Gasteiger partial charge in [-0.25, -0.2) is 14.6 Å². The van der Waals surface area contributed by atoms with Gasteiger partial charge in [-0.1, -0.05) is 29.5 Å². The van der Waals surface area contributed by atoms with E-state index in [0.29, 0.717) is 49.2 Å². The van der Waals surface area contributed by atoms with Crippen molar-refractivity contribution in [2.24, 2.45) is 4.99 Å². The van der Waals surface area contributed by atoms with Crippen molar-refractivity contribution in [3.63, 3.8) is 0 Å². The third-order valence-corrected chi connectivity index (χ3v) is 7.86. The van der Waals surface area contributed by atoms with Gasteiger partial charge in [-0.2, -0.15) is 0 Å². The normalized spacial score (nSPS) is 14.7. The largest absolute Gasteiger partial charge is 0.493 e. The summed E-state index contributed by atoms with van der Waals surface area (Å²) in [5.41, 5.74) is 2.20. The molecule has 44 heavy (non-hydrogen) atoms. The number of hydrogen-bond donors (Lipinski definition) is 0. The van der Waals surface area contributed by atoms with E-state index in [-0.39, 0.29) is 23.8 Å². The molecule has 0 spiro atoms. The van der Waals surface area contributed by atoms with Crippen LogP contribution >= 0.6 is 11.3 Å². The molecule has 1 atom stereocenters. The first-order chi connectivity index (χ1) is 21.1. The predicted molar refractivity (Wildman–Crippen MR) is 165 cm³/mol. The van der Waals surface area contributed by atoms with E-state index in [1.165, 1.54) is 30.1 Å². The summed E-state index contributed by atoms with van der Waals surface area (Å²) in [6.45, 7) is 7.46. The number of thiazole rings is 1. The number of fused-ring (bicyclic) bond motifs is 1. The standard InChI is InChI=1S/C33H32N2O8S/c1-7-41-32(38)28-19(4)34-33-35(29(28)22-12-14-25(42-18(2)3)26(16-22)39-5)30(36)27(44-33)17-23-13-15-24(43-23)20-8-10-21(11-9-20)31(37)40-6/h8-18,29H,7H2,1-6H3/b27-17+/t29-/m1/s1. The van der Waals surface area contributed by atoms with Crippen LogP contribution in [0, 0.1) is 0 Å². The second kappa shape index (κ2) is 12.8. The summed E-state index contributed by atoms with van der Waals surface area (Å²) in [5, 5.41) is 0. The summed E-state index contributed by atoms with van der Waals surface area (Å²) in [7, 11) is 2.87. The first-order valence-corrected chi connectivity index (χ1v) is 14.8. The first-order valence-electron chi connectivity index (χ1n) is 14.0. The Morgan fingerprint density at radius 3 is 2.45 bits per heavy atom. The molecule has 228 valence electrons. The highest BCUT2D eigenvalue weighted by Crippen LogP contribution is 2.36. The number of aromatic nitrogens is 1. The lowest BCUT2D eigenvalue weighted by Crippen LogP contribution is -2.40. The number of methoxy groups -OCH3 is 2. The molecule has 0 fully saturated rings. The molecule has 0 saturated heterocycles. The average Bonchev–Trinajstić information content (AvgIpc) is 3.60. The number of rotatable bonds is 9. The molecule has 10 nitrogen and oxygen atoms in total. The van der Waals surface area contributed by atoms with Crippen molar-refractivity contribution in [2.45, 2.75) is 39.8 Å². The maximum Gasteiger partial charge on any atom is 0.338 e. The van der Waals surface area contributed by atoms with Crippen LogP contribution in [0.4, 0.5) is 0 Å². The number of allylic oxidation sites excluding steroid dienone is 1. The molecule has 0 aliphatic carbocycles. The molecule has 0 bridgehead atoms. The number of hydrogen-bond acceptors (Lipinski definition) is 10. The molecule has 2 aromatic carbocycles. The van der Waals surface area contributed by atoms with Crippen LogP contribution in [0.3, 0.4) is 0 Å². The summed E-state index contributed by atoms with van der Waals surface area (Å²) in [4.78, 5) is 44.0. The summed E-state index contributed by atoms with van der Waals surface area (Å²) in [5.74, 6) is 1.06. The molecule has 0 radical (unpaired) electrons. The fraction of sp³-hybridized carbons (Fsp3) is 0.273. The molecule has 3 heterocycles. The predicted octanol–water partition coefficient (Wildman–Crippen LogP) is 4.64. The zero-order valence-electron chi connectivity index (χ0n) is 25.2. The second-order valence-corrected chi connectivity index (χ2v) is 11.2. The number of carbonyl (C=O) groups is 2. The lowest BCUT2D eigenvalue weighted by Gasteiger charge is -2.25.